The van der Waals surface area contributed by atoms with Crippen molar-refractivity contribution in [1.29, 1.82) is 0 Å². The summed E-state index contributed by atoms with van der Waals surface area (Å²) in [5, 5.41) is 4.99. The van der Waals surface area contributed by atoms with Gasteiger partial charge in [0.05, 0.1) is 0 Å². The second-order valence-electron chi connectivity index (χ2n) is 12.2. The van der Waals surface area contributed by atoms with E-state index in [9.17, 15) is 0 Å². The molecule has 0 radical (unpaired) electrons. The van der Waals surface area contributed by atoms with Crippen LogP contribution in [0.4, 0.5) is 0 Å². The summed E-state index contributed by atoms with van der Waals surface area (Å²) >= 11 is 0. The fraction of sp³-hybridized carbons (Fsp3) is 0.0732. The second kappa shape index (κ2) is 8.44. The summed E-state index contributed by atoms with van der Waals surface area (Å²) in [6.45, 7) is 4.73. The molecule has 1 aliphatic carbocycles. The van der Waals surface area contributed by atoms with E-state index in [1.807, 2.05) is 6.07 Å². The first kappa shape index (κ1) is 23.6. The molecule has 1 nitrogen and oxygen atoms in total. The van der Waals surface area contributed by atoms with Crippen LogP contribution >= 0.6 is 0 Å². The number of para-hydroxylation sites is 1. The molecule has 0 atom stereocenters. The Labute approximate surface area is 245 Å². The van der Waals surface area contributed by atoms with Crippen LogP contribution in [0.15, 0.2) is 133 Å². The number of hydrogen-bond acceptors (Lipinski definition) is 1. The SMILES string of the molecule is CC1(C)c2cc(-c3cccc(-c4cc5c6c(cccc6c4)Oc4ccccc4-5)c3)ccc2-c2cc3ccccc3cc21. The Morgan fingerprint density at radius 1 is 0.405 bits per heavy atom. The molecule has 1 aliphatic heterocycles. The van der Waals surface area contributed by atoms with Crippen molar-refractivity contribution >= 4 is 21.5 Å². The predicted octanol–water partition coefficient (Wildman–Crippen LogP) is 11.4. The molecule has 1 heteroatoms. The molecule has 0 bridgehead atoms. The molecule has 198 valence electrons. The number of rotatable bonds is 2. The van der Waals surface area contributed by atoms with E-state index < -0.39 is 0 Å². The van der Waals surface area contributed by atoms with Gasteiger partial charge in [-0.25, -0.2) is 0 Å². The number of hydrogen-bond donors (Lipinski definition) is 0. The second-order valence-corrected chi connectivity index (χ2v) is 12.2. The van der Waals surface area contributed by atoms with Crippen molar-refractivity contribution in [2.24, 2.45) is 0 Å². The van der Waals surface area contributed by atoms with Gasteiger partial charge in [-0.2, -0.15) is 0 Å². The Morgan fingerprint density at radius 3 is 1.95 bits per heavy atom. The van der Waals surface area contributed by atoms with Crippen molar-refractivity contribution in [3.63, 3.8) is 0 Å². The summed E-state index contributed by atoms with van der Waals surface area (Å²) in [5.74, 6) is 1.84. The molecule has 2 aliphatic rings. The third kappa shape index (κ3) is 3.31. The van der Waals surface area contributed by atoms with Crippen LogP contribution in [0.5, 0.6) is 11.5 Å². The van der Waals surface area contributed by atoms with Crippen molar-refractivity contribution < 1.29 is 4.74 Å². The van der Waals surface area contributed by atoms with Crippen molar-refractivity contribution in [3.05, 3.63) is 145 Å². The lowest BCUT2D eigenvalue weighted by atomic mass is 9.81. The topological polar surface area (TPSA) is 9.23 Å². The molecule has 1 heterocycles. The minimum absolute atomic E-state index is 0.0590. The number of benzene rings is 7. The summed E-state index contributed by atoms with van der Waals surface area (Å²) in [6.07, 6.45) is 0. The van der Waals surface area contributed by atoms with Gasteiger partial charge in [0.15, 0.2) is 0 Å². The average Bonchev–Trinajstić information content (AvgIpc) is 3.25. The lowest BCUT2D eigenvalue weighted by Gasteiger charge is -2.23. The highest BCUT2D eigenvalue weighted by Crippen LogP contribution is 2.51. The zero-order valence-electron chi connectivity index (χ0n) is 23.6. The smallest absolute Gasteiger partial charge is 0.135 e. The molecule has 9 rings (SSSR count). The molecular formula is C41H28O. The third-order valence-electron chi connectivity index (χ3n) is 9.41. The van der Waals surface area contributed by atoms with E-state index in [0.717, 1.165) is 17.1 Å². The molecule has 0 spiro atoms. The first-order valence-corrected chi connectivity index (χ1v) is 14.7. The van der Waals surface area contributed by atoms with Crippen LogP contribution in [0, 0.1) is 0 Å². The van der Waals surface area contributed by atoms with Gasteiger partial charge in [-0.3, -0.25) is 0 Å². The predicted molar refractivity (Wildman–Crippen MR) is 175 cm³/mol. The summed E-state index contributed by atoms with van der Waals surface area (Å²) in [7, 11) is 0. The maximum atomic E-state index is 6.27. The van der Waals surface area contributed by atoms with Crippen LogP contribution in [0.25, 0.3) is 66.1 Å². The van der Waals surface area contributed by atoms with Crippen LogP contribution < -0.4 is 4.74 Å². The largest absolute Gasteiger partial charge is 0.456 e. The fourth-order valence-corrected chi connectivity index (χ4v) is 7.23. The summed E-state index contributed by atoms with van der Waals surface area (Å²) < 4.78 is 6.27. The van der Waals surface area contributed by atoms with Gasteiger partial charge in [0, 0.05) is 16.4 Å². The standard InChI is InChI=1S/C41H28O/c1-41(2)36-24-29(17-18-32(36)34-21-27-9-3-4-10-28(27)23-37(34)41)25-11-7-12-26(19-25)31-20-30-13-8-16-39-40(30)35(22-31)33-14-5-6-15-38(33)42-39/h3-24H,1-2H3. The highest BCUT2D eigenvalue weighted by molar-refractivity contribution is 6.06. The molecular weight excluding hydrogens is 508 g/mol. The molecule has 0 saturated heterocycles. The Kier molecular flexibility index (Phi) is 4.73. The van der Waals surface area contributed by atoms with Gasteiger partial charge in [-0.05, 0) is 115 Å². The van der Waals surface area contributed by atoms with Crippen molar-refractivity contribution in [3.8, 4) is 56.0 Å². The van der Waals surface area contributed by atoms with E-state index in [1.165, 1.54) is 71.6 Å². The van der Waals surface area contributed by atoms with E-state index in [0.29, 0.717) is 0 Å². The minimum atomic E-state index is -0.0590. The zero-order valence-corrected chi connectivity index (χ0v) is 23.6. The molecule has 7 aromatic rings. The van der Waals surface area contributed by atoms with E-state index in [2.05, 4.69) is 141 Å². The quantitative estimate of drug-likeness (QED) is 0.213. The lowest BCUT2D eigenvalue weighted by molar-refractivity contribution is 0.487. The third-order valence-corrected chi connectivity index (χ3v) is 9.41. The maximum Gasteiger partial charge on any atom is 0.135 e. The fourth-order valence-electron chi connectivity index (χ4n) is 7.23. The summed E-state index contributed by atoms with van der Waals surface area (Å²) in [4.78, 5) is 0. The molecule has 7 aromatic carbocycles. The van der Waals surface area contributed by atoms with E-state index in [1.54, 1.807) is 0 Å². The Balaban J connectivity index is 1.17. The Morgan fingerprint density at radius 2 is 1.07 bits per heavy atom. The highest BCUT2D eigenvalue weighted by Gasteiger charge is 2.36. The van der Waals surface area contributed by atoms with Crippen LogP contribution in [0.3, 0.4) is 0 Å². The molecule has 42 heavy (non-hydrogen) atoms. The van der Waals surface area contributed by atoms with Crippen molar-refractivity contribution in [2.45, 2.75) is 19.3 Å². The van der Waals surface area contributed by atoms with Gasteiger partial charge in [0.2, 0.25) is 0 Å². The van der Waals surface area contributed by atoms with Gasteiger partial charge in [0.1, 0.15) is 11.5 Å². The Bertz CT molecular complexity index is 2250. The maximum absolute atomic E-state index is 6.27. The molecule has 0 saturated carbocycles. The van der Waals surface area contributed by atoms with Gasteiger partial charge in [-0.1, -0.05) is 98.8 Å². The molecule has 0 fully saturated rings. The normalized spacial score (nSPS) is 13.9. The van der Waals surface area contributed by atoms with E-state index >= 15 is 0 Å². The molecule has 0 aromatic heterocycles. The van der Waals surface area contributed by atoms with Gasteiger partial charge in [0.25, 0.3) is 0 Å². The van der Waals surface area contributed by atoms with E-state index in [4.69, 9.17) is 4.74 Å². The Hall–Kier alpha value is -5.14. The van der Waals surface area contributed by atoms with Crippen LogP contribution in [-0.4, -0.2) is 0 Å². The number of ether oxygens (including phenoxy) is 1. The van der Waals surface area contributed by atoms with Crippen LogP contribution in [0.2, 0.25) is 0 Å². The van der Waals surface area contributed by atoms with Crippen molar-refractivity contribution in [2.75, 3.05) is 0 Å². The van der Waals surface area contributed by atoms with Crippen LogP contribution in [-0.2, 0) is 5.41 Å². The van der Waals surface area contributed by atoms with Crippen molar-refractivity contribution in [1.82, 2.24) is 0 Å². The molecule has 0 unspecified atom stereocenters. The number of fused-ring (bicyclic) bond motifs is 6. The molecule has 0 amide bonds. The van der Waals surface area contributed by atoms with Gasteiger partial charge < -0.3 is 4.74 Å². The van der Waals surface area contributed by atoms with Crippen LogP contribution in [0.1, 0.15) is 25.0 Å². The van der Waals surface area contributed by atoms with Gasteiger partial charge in [-0.15, -0.1) is 0 Å². The first-order chi connectivity index (χ1) is 20.5. The molecule has 0 N–H and O–H groups in total. The zero-order chi connectivity index (χ0) is 28.0. The minimum Gasteiger partial charge on any atom is -0.456 e. The monoisotopic (exact) mass is 536 g/mol. The summed E-state index contributed by atoms with van der Waals surface area (Å²) in [5.41, 5.74) is 12.8. The first-order valence-electron chi connectivity index (χ1n) is 14.7. The lowest BCUT2D eigenvalue weighted by Crippen LogP contribution is -2.15. The van der Waals surface area contributed by atoms with E-state index in [-0.39, 0.29) is 5.41 Å². The highest BCUT2D eigenvalue weighted by atomic mass is 16.5. The van der Waals surface area contributed by atoms with Gasteiger partial charge >= 0.3 is 0 Å². The average molecular weight is 537 g/mol. The summed E-state index contributed by atoms with van der Waals surface area (Å²) in [6, 6.07) is 48.8.